The average molecular weight is 533 g/mol. The summed E-state index contributed by atoms with van der Waals surface area (Å²) in [7, 11) is 1.63. The quantitative estimate of drug-likeness (QED) is 0.355. The van der Waals surface area contributed by atoms with E-state index in [1.807, 2.05) is 0 Å². The van der Waals surface area contributed by atoms with Gasteiger partial charge in [0.25, 0.3) is 0 Å². The molecule has 0 spiro atoms. The van der Waals surface area contributed by atoms with Crippen molar-refractivity contribution in [1.82, 2.24) is 19.7 Å². The van der Waals surface area contributed by atoms with E-state index in [-0.39, 0.29) is 16.3 Å². The summed E-state index contributed by atoms with van der Waals surface area (Å²) in [6.07, 6.45) is -2.79. The van der Waals surface area contributed by atoms with Gasteiger partial charge >= 0.3 is 12.1 Å². The number of aryl methyl sites for hydroxylation is 1. The van der Waals surface area contributed by atoms with E-state index >= 15 is 0 Å². The maximum Gasteiger partial charge on any atom is 0.471 e. The van der Waals surface area contributed by atoms with Crippen molar-refractivity contribution in [3.8, 4) is 11.4 Å². The lowest BCUT2D eigenvalue weighted by atomic mass is 9.93. The third kappa shape index (κ3) is 5.64. The van der Waals surface area contributed by atoms with Crippen LogP contribution in [0.15, 0.2) is 71.8 Å². The number of rotatable bonds is 7. The van der Waals surface area contributed by atoms with Crippen LogP contribution >= 0.6 is 11.6 Å². The third-order valence-corrected chi connectivity index (χ3v) is 6.21. The van der Waals surface area contributed by atoms with Crippen molar-refractivity contribution in [2.75, 3.05) is 0 Å². The molecule has 1 N–H and O–H groups in total. The van der Waals surface area contributed by atoms with E-state index in [9.17, 15) is 22.8 Å². The molecular formula is C26H24ClF3N4O3. The van der Waals surface area contributed by atoms with E-state index in [0.717, 1.165) is 0 Å². The Balaban J connectivity index is 1.74. The highest BCUT2D eigenvalue weighted by atomic mass is 35.5. The first-order chi connectivity index (χ1) is 17.5. The highest BCUT2D eigenvalue weighted by Crippen LogP contribution is 2.36. The van der Waals surface area contributed by atoms with Gasteiger partial charge in [-0.25, -0.2) is 4.68 Å². The Labute approximate surface area is 215 Å². The Morgan fingerprint density at radius 1 is 1.11 bits per heavy atom. The smallest absolute Gasteiger partial charge is 0.471 e. The molecule has 0 bridgehead atoms. The van der Waals surface area contributed by atoms with Gasteiger partial charge in [-0.1, -0.05) is 55.8 Å². The maximum absolute atomic E-state index is 13.1. The monoisotopic (exact) mass is 532 g/mol. The van der Waals surface area contributed by atoms with Gasteiger partial charge in [-0.3, -0.25) is 9.59 Å². The third-order valence-electron chi connectivity index (χ3n) is 5.92. The van der Waals surface area contributed by atoms with E-state index in [2.05, 4.69) is 10.4 Å². The summed E-state index contributed by atoms with van der Waals surface area (Å²) >= 11 is 6.58. The molecule has 4 rings (SSSR count). The highest BCUT2D eigenvalue weighted by molar-refractivity contribution is 6.32. The van der Waals surface area contributed by atoms with Crippen LogP contribution in [0.2, 0.25) is 5.02 Å². The Bertz CT molecular complexity index is 1480. The van der Waals surface area contributed by atoms with Gasteiger partial charge in [0.15, 0.2) is 0 Å². The zero-order valence-corrected chi connectivity index (χ0v) is 20.9. The van der Waals surface area contributed by atoms with Gasteiger partial charge in [0.1, 0.15) is 11.9 Å². The fourth-order valence-electron chi connectivity index (χ4n) is 3.98. The number of hydrogen-bond acceptors (Lipinski definition) is 4. The SMILES string of the molecule is CC(C)C(NC(=O)C(F)(F)F)[C@H](Oc1cc2cnn(-c3ccc(=O)n(C)c3)c2cc1Cl)c1ccccc1. The number of ether oxygens (including phenoxy) is 1. The average Bonchev–Trinajstić information content (AvgIpc) is 3.25. The number of halogens is 4. The van der Waals surface area contributed by atoms with E-state index in [1.54, 1.807) is 86.5 Å². The van der Waals surface area contributed by atoms with Crippen molar-refractivity contribution in [1.29, 1.82) is 0 Å². The molecule has 0 aliphatic rings. The normalized spacial score (nSPS) is 13.5. The number of hydrogen-bond donors (Lipinski definition) is 1. The van der Waals surface area contributed by atoms with Crippen LogP contribution in [0.5, 0.6) is 5.75 Å². The number of aromatic nitrogens is 3. The van der Waals surface area contributed by atoms with Crippen LogP contribution < -0.4 is 15.6 Å². The largest absolute Gasteiger partial charge is 0.482 e. The Morgan fingerprint density at radius 3 is 2.43 bits per heavy atom. The summed E-state index contributed by atoms with van der Waals surface area (Å²) in [6, 6.07) is 14.0. The zero-order chi connectivity index (χ0) is 26.9. The number of carbonyl (C=O) groups is 1. The maximum atomic E-state index is 13.1. The van der Waals surface area contributed by atoms with Gasteiger partial charge in [0, 0.05) is 24.7 Å². The molecule has 0 saturated carbocycles. The summed E-state index contributed by atoms with van der Waals surface area (Å²) in [5, 5.41) is 7.33. The predicted octanol–water partition coefficient (Wildman–Crippen LogP) is 5.20. The van der Waals surface area contributed by atoms with Gasteiger partial charge in [0.05, 0.1) is 28.5 Å². The molecule has 0 saturated heterocycles. The highest BCUT2D eigenvalue weighted by Gasteiger charge is 2.42. The van der Waals surface area contributed by atoms with Crippen molar-refractivity contribution in [2.45, 2.75) is 32.2 Å². The number of alkyl halides is 3. The molecule has 2 atom stereocenters. The molecule has 2 aromatic heterocycles. The molecule has 7 nitrogen and oxygen atoms in total. The van der Waals surface area contributed by atoms with Crippen LogP contribution in [0.4, 0.5) is 13.2 Å². The van der Waals surface area contributed by atoms with Crippen LogP contribution in [0.1, 0.15) is 25.5 Å². The molecule has 1 amide bonds. The summed E-state index contributed by atoms with van der Waals surface area (Å²) in [4.78, 5) is 23.6. The number of amides is 1. The van der Waals surface area contributed by atoms with Gasteiger partial charge in [-0.15, -0.1) is 0 Å². The minimum atomic E-state index is -5.04. The van der Waals surface area contributed by atoms with Crippen LogP contribution in [0.25, 0.3) is 16.6 Å². The van der Waals surface area contributed by atoms with Crippen LogP contribution in [0, 0.1) is 5.92 Å². The van der Waals surface area contributed by atoms with Crippen LogP contribution in [-0.2, 0) is 11.8 Å². The second-order valence-electron chi connectivity index (χ2n) is 8.92. The van der Waals surface area contributed by atoms with E-state index in [0.29, 0.717) is 22.2 Å². The van der Waals surface area contributed by atoms with Crippen LogP contribution in [0.3, 0.4) is 0 Å². The number of carbonyl (C=O) groups excluding carboxylic acids is 1. The molecule has 0 radical (unpaired) electrons. The first kappa shape index (κ1) is 26.3. The van der Waals surface area contributed by atoms with Crippen molar-refractivity contribution < 1.29 is 22.7 Å². The molecule has 194 valence electrons. The van der Waals surface area contributed by atoms with Crippen molar-refractivity contribution in [2.24, 2.45) is 13.0 Å². The number of nitrogens with zero attached hydrogens (tertiary/aromatic N) is 3. The van der Waals surface area contributed by atoms with E-state index in [1.165, 1.54) is 10.6 Å². The number of benzene rings is 2. The molecular weight excluding hydrogens is 509 g/mol. The molecule has 37 heavy (non-hydrogen) atoms. The molecule has 11 heteroatoms. The lowest BCUT2D eigenvalue weighted by molar-refractivity contribution is -0.175. The predicted molar refractivity (Wildman–Crippen MR) is 134 cm³/mol. The first-order valence-electron chi connectivity index (χ1n) is 11.4. The fraction of sp³-hybridized carbons (Fsp3) is 0.269. The summed E-state index contributed by atoms with van der Waals surface area (Å²) < 4.78 is 48.5. The summed E-state index contributed by atoms with van der Waals surface area (Å²) in [5.74, 6) is -2.24. The molecule has 1 unspecified atom stereocenters. The lowest BCUT2D eigenvalue weighted by Gasteiger charge is -2.32. The van der Waals surface area contributed by atoms with E-state index < -0.39 is 30.1 Å². The lowest BCUT2D eigenvalue weighted by Crippen LogP contribution is -2.49. The second kappa shape index (κ2) is 10.3. The fourth-order valence-corrected chi connectivity index (χ4v) is 4.18. The summed E-state index contributed by atoms with van der Waals surface area (Å²) in [5.41, 5.74) is 1.68. The standard InChI is InChI=1S/C26H24ClF3N4O3/c1-15(2)23(32-25(36)26(28,29)30)24(16-7-5-4-6-8-16)37-21-11-17-13-31-34(20(17)12-19(21)27)18-9-10-22(35)33(3)14-18/h4-15,23-24H,1-3H3,(H,32,36)/t23?,24-/m1/s1. The van der Waals surface area contributed by atoms with Crippen molar-refractivity contribution in [3.63, 3.8) is 0 Å². The Hall–Kier alpha value is -3.79. The van der Waals surface area contributed by atoms with Gasteiger partial charge in [-0.2, -0.15) is 18.3 Å². The van der Waals surface area contributed by atoms with Crippen molar-refractivity contribution >= 4 is 28.4 Å². The van der Waals surface area contributed by atoms with Gasteiger partial charge in [0.2, 0.25) is 5.56 Å². The zero-order valence-electron chi connectivity index (χ0n) is 20.2. The first-order valence-corrected chi connectivity index (χ1v) is 11.8. The van der Waals surface area contributed by atoms with Gasteiger partial charge < -0.3 is 14.6 Å². The van der Waals surface area contributed by atoms with Crippen molar-refractivity contribution in [3.05, 3.63) is 87.9 Å². The molecule has 4 aromatic rings. The number of nitrogens with one attached hydrogen (secondary N) is 1. The topological polar surface area (TPSA) is 78.2 Å². The molecule has 0 fully saturated rings. The van der Waals surface area contributed by atoms with E-state index in [4.69, 9.17) is 16.3 Å². The summed E-state index contributed by atoms with van der Waals surface area (Å²) in [6.45, 7) is 3.39. The molecule has 2 heterocycles. The molecule has 2 aromatic carbocycles. The number of pyridine rings is 1. The minimum Gasteiger partial charge on any atom is -0.482 e. The molecule has 0 aliphatic carbocycles. The van der Waals surface area contributed by atoms with Crippen LogP contribution in [-0.4, -0.2) is 32.5 Å². The Morgan fingerprint density at radius 2 is 1.81 bits per heavy atom. The second-order valence-corrected chi connectivity index (χ2v) is 9.33. The molecule has 0 aliphatic heterocycles. The minimum absolute atomic E-state index is 0.168. The van der Waals surface area contributed by atoms with Gasteiger partial charge in [-0.05, 0) is 29.7 Å². The Kier molecular flexibility index (Phi) is 7.31. The number of fused-ring (bicyclic) bond motifs is 1.